The van der Waals surface area contributed by atoms with E-state index in [0.717, 1.165) is 50.4 Å². The average Bonchev–Trinajstić information content (AvgIpc) is 0.863. The van der Waals surface area contributed by atoms with Gasteiger partial charge in [0.2, 0.25) is 50.1 Å². The van der Waals surface area contributed by atoms with Gasteiger partial charge in [0.05, 0.1) is 95.4 Å². The second kappa shape index (κ2) is 52.7. The predicted molar refractivity (Wildman–Crippen MR) is 562 cm³/mol. The molecule has 32 nitrogen and oxygen atoms in total. The highest BCUT2D eigenvalue weighted by atomic mass is 35.5. The molecule has 10 aromatic carbocycles. The standard InChI is InChI=1S/C21H23Cl2N3O3S.C21H22Cl2N2O4S.C19H19Cl2N3O4S.C18H19Cl2N3O4S2.C18H17Cl2N3O3S/c1-15(2)25-8-3-9-26(11-10-25)30(27,28)21-12-16(14-24)4-7-19(21)29-20-13-17(22)5-6-18(20)23;1-21(2,26)15-7-9-25(10-8-15)30(27,28)20-11-14(13-24)3-6-18(20)29-19-12-16(22)4-5-17(19)23;20-15-2-3-16(21)18(12-15)28-17-4-1-14(13-22)11-19(17)29(25,26)23-5-6-24-7-9-27-10-8-24;1-2-21-7-9-22(10-8-21)29(26,27)18-12-14(23(24)25)4-6-16(18)28-17-11-13(19)3-5-15(17)20;1-22-6-8-23(9-7-22)27(24,25)18-10-13(12-21)2-5-16(18)26-17-11-14(19)3-4-15(17)20/h4-7,12-13,15H,3,8-11H2,1-2H3;3-6,11-12,15,26H,7-10H2,1-2H3;1-4,11-12,23H,5-10H2;3-6,11-12H,2,7-10H2,1H3;2-5,10-11H,6-9H2,1H3. The van der Waals surface area contributed by atoms with Gasteiger partial charge in [-0.25, -0.2) is 46.8 Å². The average molecular weight is 2300 g/mol. The Morgan fingerprint density at radius 3 is 1.17 bits per heavy atom. The molecule has 5 aliphatic heterocycles. The Morgan fingerprint density at radius 1 is 0.428 bits per heavy atom. The van der Waals surface area contributed by atoms with E-state index < -0.39 is 60.6 Å². The molecule has 145 heavy (non-hydrogen) atoms. The summed E-state index contributed by atoms with van der Waals surface area (Å²) < 4.78 is 169. The predicted octanol–water partition coefficient (Wildman–Crippen LogP) is 20.8. The maximum atomic E-state index is 13.5. The van der Waals surface area contributed by atoms with Crippen LogP contribution in [0.2, 0.25) is 50.2 Å². The topological polar surface area (TPSA) is 413 Å². The van der Waals surface area contributed by atoms with Gasteiger partial charge in [0.1, 0.15) is 70.5 Å². The van der Waals surface area contributed by atoms with Crippen molar-refractivity contribution in [2.75, 3.05) is 145 Å². The van der Waals surface area contributed by atoms with Crippen LogP contribution in [0, 0.1) is 61.4 Å². The van der Waals surface area contributed by atoms with Gasteiger partial charge < -0.3 is 38.6 Å². The van der Waals surface area contributed by atoms with Crippen molar-refractivity contribution in [3.05, 3.63) is 265 Å². The van der Waals surface area contributed by atoms with E-state index in [2.05, 4.69) is 38.2 Å². The van der Waals surface area contributed by atoms with Crippen LogP contribution in [0.15, 0.2) is 216 Å². The lowest BCUT2D eigenvalue weighted by Crippen LogP contribution is -2.48. The number of rotatable bonds is 27. The minimum atomic E-state index is -3.94. The third-order valence-electron chi connectivity index (χ3n) is 23.5. The van der Waals surface area contributed by atoms with E-state index in [-0.39, 0.29) is 134 Å². The maximum Gasteiger partial charge on any atom is 0.270 e. The van der Waals surface area contributed by atoms with E-state index in [1.807, 2.05) is 38.2 Å². The molecule has 5 aliphatic rings. The van der Waals surface area contributed by atoms with Crippen LogP contribution < -0.4 is 23.7 Å². The van der Waals surface area contributed by atoms with Gasteiger partial charge in [0.15, 0.2) is 0 Å². The molecule has 5 heterocycles. The van der Waals surface area contributed by atoms with E-state index in [0.29, 0.717) is 161 Å². The van der Waals surface area contributed by atoms with Crippen LogP contribution in [-0.4, -0.2) is 245 Å². The van der Waals surface area contributed by atoms with Gasteiger partial charge in [0, 0.05) is 189 Å². The van der Waals surface area contributed by atoms with Gasteiger partial charge in [-0.05, 0) is 219 Å². The van der Waals surface area contributed by atoms with Crippen LogP contribution in [-0.2, 0) is 54.9 Å². The molecule has 0 aromatic heterocycles. The summed E-state index contributed by atoms with van der Waals surface area (Å²) in [6.07, 6.45) is 1.81. The normalized spacial score (nSPS) is 16.0. The van der Waals surface area contributed by atoms with Crippen molar-refractivity contribution in [1.82, 2.24) is 41.5 Å². The van der Waals surface area contributed by atoms with Crippen LogP contribution in [0.25, 0.3) is 0 Å². The first-order valence-electron chi connectivity index (χ1n) is 44.9. The molecular formula is C97H100Cl10N14O18S6. The number of sulfonamides is 5. The molecule has 10 aromatic rings. The molecule has 5 saturated heterocycles. The smallest absolute Gasteiger partial charge is 0.270 e. The number of hydrogen-bond acceptors (Lipinski definition) is 27. The highest BCUT2D eigenvalue weighted by Gasteiger charge is 2.40. The highest BCUT2D eigenvalue weighted by molar-refractivity contribution is 8.00. The van der Waals surface area contributed by atoms with E-state index in [1.54, 1.807) is 80.6 Å². The Labute approximate surface area is 899 Å². The number of piperazine rings is 2. The monoisotopic (exact) mass is 2290 g/mol. The van der Waals surface area contributed by atoms with Crippen molar-refractivity contribution >= 4 is 184 Å². The van der Waals surface area contributed by atoms with Gasteiger partial charge in [-0.1, -0.05) is 135 Å². The molecule has 0 radical (unpaired) electrons. The van der Waals surface area contributed by atoms with Gasteiger partial charge >= 0.3 is 0 Å². The van der Waals surface area contributed by atoms with E-state index in [1.165, 1.54) is 126 Å². The Bertz CT molecular complexity index is 7140. The quantitative estimate of drug-likeness (QED) is 0.0357. The lowest BCUT2D eigenvalue weighted by Gasteiger charge is -2.37. The molecule has 0 atom stereocenters. The Balaban J connectivity index is 0.000000173. The number of piperidine rings is 1. The number of nitro groups is 1. The fourth-order valence-electron chi connectivity index (χ4n) is 15.3. The second-order valence-electron chi connectivity index (χ2n) is 34.0. The summed E-state index contributed by atoms with van der Waals surface area (Å²) in [6, 6.07) is 52.6. The van der Waals surface area contributed by atoms with Gasteiger partial charge in [-0.15, -0.1) is 0 Å². The van der Waals surface area contributed by atoms with Gasteiger partial charge in [-0.3, -0.25) is 19.9 Å². The Morgan fingerprint density at radius 2 is 0.786 bits per heavy atom. The van der Waals surface area contributed by atoms with Crippen LogP contribution in [0.1, 0.15) is 76.1 Å². The minimum absolute atomic E-state index is 0.00961. The summed E-state index contributed by atoms with van der Waals surface area (Å²) in [5.74, 6) is 1.22. The number of likely N-dealkylation sites (N-methyl/N-ethyl adjacent to an activating group) is 2. The van der Waals surface area contributed by atoms with E-state index in [4.69, 9.17) is 140 Å². The molecule has 5 fully saturated rings. The molecule has 2 N–H and O–H groups in total. The lowest BCUT2D eigenvalue weighted by molar-refractivity contribution is -0.385. The number of nitrogens with zero attached hydrogens (tertiary/aromatic N) is 13. The van der Waals surface area contributed by atoms with E-state index >= 15 is 0 Å². The van der Waals surface area contributed by atoms with Crippen LogP contribution in [0.5, 0.6) is 46.0 Å². The summed E-state index contributed by atoms with van der Waals surface area (Å²) in [6.45, 7) is 20.8. The number of ether oxygens (including phenoxy) is 5. The van der Waals surface area contributed by atoms with Crippen molar-refractivity contribution in [2.24, 2.45) is 5.92 Å². The zero-order valence-electron chi connectivity index (χ0n) is 78.9. The highest BCUT2D eigenvalue weighted by Crippen LogP contribution is 2.45. The van der Waals surface area contributed by atoms with Gasteiger partial charge in [-0.2, -0.15) is 38.3 Å². The minimum Gasteiger partial charge on any atom is -0.454 e. The summed E-state index contributed by atoms with van der Waals surface area (Å²) in [4.78, 5) is 19.7. The van der Waals surface area contributed by atoms with Crippen molar-refractivity contribution in [1.29, 1.82) is 21.0 Å². The number of hydrogen-bond donors (Lipinski definition) is 2. The van der Waals surface area contributed by atoms with E-state index in [9.17, 15) is 78.4 Å². The molecule has 772 valence electrons. The number of benzene rings is 10. The SMILES string of the molecule is CC(C)(O)C1CCN(S(=O)(=O)c2cc(C#N)ccc2Oc2cc(Cl)ccc2Cl)CC1.CC(C)N1CCCN(S(=O)(=O)c2cc(C#N)ccc2Oc2cc(Cl)ccc2Cl)CC1.CCN1CCN(S(=O)(=O)c2cc([N+](=O)[O-])ccc2Sc2cc(Cl)ccc2Cl)CC1.CN1CCN(S(=O)(=O)c2cc(C#N)ccc2Oc2cc(Cl)ccc2Cl)CC1.N#Cc1ccc(Oc2cc(Cl)ccc2Cl)c(S(=O)(=O)NCCN2CCOCC2)c1. The fraction of sp³-hybridized carbons (Fsp3) is 0.340. The fourth-order valence-corrected chi connectivity index (χ4v) is 25.8. The molecule has 0 saturated carbocycles. The van der Waals surface area contributed by atoms with Crippen LogP contribution in [0.3, 0.4) is 0 Å². The summed E-state index contributed by atoms with van der Waals surface area (Å²) in [5.41, 5.74) is -0.289. The number of aliphatic hydroxyl groups is 1. The molecular weight excluding hydrogens is 2200 g/mol. The molecule has 0 aliphatic carbocycles. The van der Waals surface area contributed by atoms with Crippen molar-refractivity contribution in [3.8, 4) is 70.3 Å². The first-order valence-corrected chi connectivity index (χ1v) is 56.8. The maximum absolute atomic E-state index is 13.5. The first kappa shape index (κ1) is 117. The largest absolute Gasteiger partial charge is 0.454 e. The number of nitrogens with one attached hydrogen (secondary N) is 1. The Kier molecular flexibility index (Phi) is 42.3. The number of nitriles is 4. The summed E-state index contributed by atoms with van der Waals surface area (Å²) in [7, 11) is -17.6. The molecule has 48 heteroatoms. The zero-order valence-corrected chi connectivity index (χ0v) is 91.3. The zero-order chi connectivity index (χ0) is 106. The van der Waals surface area contributed by atoms with Crippen LogP contribution in [0.4, 0.5) is 5.69 Å². The van der Waals surface area contributed by atoms with Crippen molar-refractivity contribution < 1.29 is 75.8 Å². The third kappa shape index (κ3) is 31.7. The molecule has 15 rings (SSSR count). The summed E-state index contributed by atoms with van der Waals surface area (Å²) in [5, 5.41) is 62.0. The molecule has 0 spiro atoms. The first-order chi connectivity index (χ1) is 68.6. The summed E-state index contributed by atoms with van der Waals surface area (Å²) >= 11 is 62.0. The Hall–Kier alpha value is -8.68. The van der Waals surface area contributed by atoms with Crippen molar-refractivity contribution in [3.63, 3.8) is 0 Å². The van der Waals surface area contributed by atoms with Crippen molar-refractivity contribution in [2.45, 2.75) is 99.8 Å². The van der Waals surface area contributed by atoms with Crippen LogP contribution >= 0.6 is 128 Å². The lowest BCUT2D eigenvalue weighted by atomic mass is 9.84. The third-order valence-corrected chi connectivity index (χ3v) is 36.8. The molecule has 0 unspecified atom stereocenters. The number of non-ortho nitro benzene ring substituents is 1. The second-order valence-corrected chi connectivity index (χ2v) is 48.6. The number of morpholine rings is 1. The number of nitro benzene ring substituents is 1. The molecule has 0 amide bonds. The van der Waals surface area contributed by atoms with Gasteiger partial charge in [0.25, 0.3) is 5.69 Å². The molecule has 0 bridgehead atoms. The number of halogens is 10.